The summed E-state index contributed by atoms with van der Waals surface area (Å²) < 4.78 is 13.4. The second kappa shape index (κ2) is 7.63. The van der Waals surface area contributed by atoms with Gasteiger partial charge in [-0.3, -0.25) is 4.79 Å². The van der Waals surface area contributed by atoms with Crippen LogP contribution in [0.1, 0.15) is 5.56 Å². The highest BCUT2D eigenvalue weighted by Gasteiger charge is 2.06. The zero-order chi connectivity index (χ0) is 15.8. The zero-order valence-corrected chi connectivity index (χ0v) is 11.6. The van der Waals surface area contributed by atoms with Crippen molar-refractivity contribution in [3.8, 4) is 0 Å². The number of benzene rings is 1. The van der Waals surface area contributed by atoms with Gasteiger partial charge < -0.3 is 11.1 Å². The van der Waals surface area contributed by atoms with Crippen molar-refractivity contribution in [2.45, 2.75) is 6.42 Å². The van der Waals surface area contributed by atoms with Gasteiger partial charge >= 0.3 is 0 Å². The van der Waals surface area contributed by atoms with Gasteiger partial charge in [0.2, 0.25) is 0 Å². The average Bonchev–Trinajstić information content (AvgIpc) is 2.50. The molecule has 22 heavy (non-hydrogen) atoms. The molecule has 1 aromatic heterocycles. The Balaban J connectivity index is 1.91. The number of nitrogens with zero attached hydrogens (tertiary/aromatic N) is 3. The van der Waals surface area contributed by atoms with Crippen LogP contribution in [0.3, 0.4) is 0 Å². The van der Waals surface area contributed by atoms with Crippen molar-refractivity contribution in [2.24, 2.45) is 10.7 Å². The number of hydrogen-bond donors (Lipinski definition) is 2. The number of aromatic nitrogens is 2. The van der Waals surface area contributed by atoms with Crippen molar-refractivity contribution in [1.82, 2.24) is 9.97 Å². The summed E-state index contributed by atoms with van der Waals surface area (Å²) in [7, 11) is 0. The standard InChI is InChI=1S/C15H14FN5O/c16-13-4-2-1-3-11(13)7-15(22)21-14(17)5-6-20-12-8-18-10-19-9-12/h1-6,8-10,20H,7H2,(H2,17,21,22)/b6-5-. The van der Waals surface area contributed by atoms with Crippen LogP contribution in [0.15, 0.2) is 60.3 Å². The molecule has 0 fully saturated rings. The first-order chi connectivity index (χ1) is 10.6. The third-order valence-electron chi connectivity index (χ3n) is 2.62. The lowest BCUT2D eigenvalue weighted by molar-refractivity contribution is -0.117. The second-order valence-corrected chi connectivity index (χ2v) is 4.30. The molecule has 0 radical (unpaired) electrons. The molecule has 3 N–H and O–H groups in total. The van der Waals surface area contributed by atoms with Gasteiger partial charge in [0.15, 0.2) is 0 Å². The molecule has 1 heterocycles. The predicted molar refractivity (Wildman–Crippen MR) is 81.5 cm³/mol. The van der Waals surface area contributed by atoms with E-state index in [1.54, 1.807) is 24.5 Å². The lowest BCUT2D eigenvalue weighted by atomic mass is 10.1. The Morgan fingerprint density at radius 1 is 1.32 bits per heavy atom. The molecule has 0 saturated heterocycles. The van der Waals surface area contributed by atoms with E-state index in [1.165, 1.54) is 30.7 Å². The Labute approximate surface area is 126 Å². The number of carbonyl (C=O) groups excluding carboxylic acids is 1. The fourth-order valence-electron chi connectivity index (χ4n) is 1.62. The number of hydrogen-bond acceptors (Lipinski definition) is 4. The van der Waals surface area contributed by atoms with Gasteiger partial charge in [-0.15, -0.1) is 0 Å². The molecule has 1 amide bonds. The van der Waals surface area contributed by atoms with Gasteiger partial charge in [-0.2, -0.15) is 4.99 Å². The third-order valence-corrected chi connectivity index (χ3v) is 2.62. The maximum Gasteiger partial charge on any atom is 0.252 e. The minimum atomic E-state index is -0.518. The van der Waals surface area contributed by atoms with Gasteiger partial charge in [0, 0.05) is 6.20 Å². The molecule has 0 saturated carbocycles. The number of nitrogens with two attached hydrogens (primary N) is 1. The van der Waals surface area contributed by atoms with Gasteiger partial charge in [0.25, 0.3) is 5.91 Å². The lowest BCUT2D eigenvalue weighted by Crippen LogP contribution is -2.13. The van der Waals surface area contributed by atoms with Crippen LogP contribution in [0.4, 0.5) is 10.1 Å². The van der Waals surface area contributed by atoms with Crippen LogP contribution >= 0.6 is 0 Å². The Morgan fingerprint density at radius 2 is 2.05 bits per heavy atom. The minimum Gasteiger partial charge on any atom is -0.384 e. The summed E-state index contributed by atoms with van der Waals surface area (Å²) in [4.78, 5) is 23.0. The molecule has 112 valence electrons. The second-order valence-electron chi connectivity index (χ2n) is 4.30. The normalized spacial score (nSPS) is 11.6. The first-order valence-electron chi connectivity index (χ1n) is 6.43. The fourth-order valence-corrected chi connectivity index (χ4v) is 1.62. The summed E-state index contributed by atoms with van der Waals surface area (Å²) in [6.45, 7) is 0. The molecule has 2 aromatic rings. The van der Waals surface area contributed by atoms with E-state index in [0.29, 0.717) is 5.69 Å². The highest BCUT2D eigenvalue weighted by atomic mass is 19.1. The van der Waals surface area contributed by atoms with Crippen molar-refractivity contribution < 1.29 is 9.18 Å². The van der Waals surface area contributed by atoms with E-state index in [4.69, 9.17) is 5.73 Å². The van der Waals surface area contributed by atoms with E-state index < -0.39 is 11.7 Å². The summed E-state index contributed by atoms with van der Waals surface area (Å²) in [6, 6.07) is 6.04. The molecule has 0 aliphatic rings. The molecular weight excluding hydrogens is 285 g/mol. The van der Waals surface area contributed by atoms with E-state index >= 15 is 0 Å². The number of anilines is 1. The van der Waals surface area contributed by atoms with Crippen molar-refractivity contribution >= 4 is 17.4 Å². The van der Waals surface area contributed by atoms with E-state index in [1.807, 2.05) is 0 Å². The molecule has 0 aliphatic carbocycles. The molecule has 0 unspecified atom stereocenters. The van der Waals surface area contributed by atoms with Crippen LogP contribution in [0.5, 0.6) is 0 Å². The first kappa shape index (κ1) is 15.3. The van der Waals surface area contributed by atoms with Gasteiger partial charge in [0.1, 0.15) is 18.0 Å². The van der Waals surface area contributed by atoms with E-state index in [9.17, 15) is 9.18 Å². The van der Waals surface area contributed by atoms with E-state index in [0.717, 1.165) is 0 Å². The molecule has 7 heteroatoms. The molecule has 6 nitrogen and oxygen atoms in total. The molecule has 0 atom stereocenters. The lowest BCUT2D eigenvalue weighted by Gasteiger charge is -2.00. The Kier molecular flexibility index (Phi) is 5.31. The molecular formula is C15H14FN5O. The number of amides is 1. The summed E-state index contributed by atoms with van der Waals surface area (Å²) in [6.07, 6.45) is 7.36. The average molecular weight is 299 g/mol. The Bertz CT molecular complexity index is 700. The minimum absolute atomic E-state index is 0.0192. The van der Waals surface area contributed by atoms with Crippen molar-refractivity contribution in [3.05, 3.63) is 66.6 Å². The highest BCUT2D eigenvalue weighted by molar-refractivity contribution is 6.00. The van der Waals surface area contributed by atoms with E-state index in [2.05, 4.69) is 20.3 Å². The van der Waals surface area contributed by atoms with Crippen molar-refractivity contribution in [1.29, 1.82) is 0 Å². The predicted octanol–water partition coefficient (Wildman–Crippen LogP) is 1.67. The quantitative estimate of drug-likeness (QED) is 0.647. The summed E-state index contributed by atoms with van der Waals surface area (Å²) >= 11 is 0. The van der Waals surface area contributed by atoms with Crippen LogP contribution in [0, 0.1) is 5.82 Å². The molecule has 1 aromatic carbocycles. The molecule has 0 aliphatic heterocycles. The van der Waals surface area contributed by atoms with E-state index in [-0.39, 0.29) is 17.8 Å². The summed E-state index contributed by atoms with van der Waals surface area (Å²) in [5, 5.41) is 2.87. The molecule has 2 rings (SSSR count). The molecule has 0 bridgehead atoms. The Hall–Kier alpha value is -3.09. The number of amidine groups is 1. The summed E-state index contributed by atoms with van der Waals surface area (Å²) in [5.41, 5.74) is 6.56. The number of rotatable bonds is 5. The van der Waals surface area contributed by atoms with Gasteiger partial charge in [-0.05, 0) is 17.7 Å². The van der Waals surface area contributed by atoms with Gasteiger partial charge in [0.05, 0.1) is 24.5 Å². The SMILES string of the molecule is NC(/C=C\Nc1cncnc1)=NC(=O)Cc1ccccc1F. The number of carbonyl (C=O) groups is 1. The van der Waals surface area contributed by atoms with Crippen LogP contribution in [0.25, 0.3) is 0 Å². The maximum atomic E-state index is 13.4. The maximum absolute atomic E-state index is 13.4. The van der Waals surface area contributed by atoms with Crippen LogP contribution in [-0.4, -0.2) is 21.7 Å². The smallest absolute Gasteiger partial charge is 0.252 e. The monoisotopic (exact) mass is 299 g/mol. The zero-order valence-electron chi connectivity index (χ0n) is 11.6. The molecule has 0 spiro atoms. The topological polar surface area (TPSA) is 93.3 Å². The van der Waals surface area contributed by atoms with Gasteiger partial charge in [-0.1, -0.05) is 18.2 Å². The first-order valence-corrected chi connectivity index (χ1v) is 6.43. The number of aliphatic imine (C=N–C) groups is 1. The third kappa shape index (κ3) is 4.78. The number of halogens is 1. The highest BCUT2D eigenvalue weighted by Crippen LogP contribution is 2.07. The number of nitrogens with one attached hydrogen (secondary N) is 1. The summed E-state index contributed by atoms with van der Waals surface area (Å²) in [5.74, 6) is -0.938. The fraction of sp³-hybridized carbons (Fsp3) is 0.0667. The van der Waals surface area contributed by atoms with Crippen LogP contribution in [-0.2, 0) is 11.2 Å². The Morgan fingerprint density at radius 3 is 2.77 bits per heavy atom. The van der Waals surface area contributed by atoms with Crippen LogP contribution < -0.4 is 11.1 Å². The largest absolute Gasteiger partial charge is 0.384 e. The van der Waals surface area contributed by atoms with Crippen molar-refractivity contribution in [2.75, 3.05) is 5.32 Å². The van der Waals surface area contributed by atoms with Gasteiger partial charge in [-0.25, -0.2) is 14.4 Å². The van der Waals surface area contributed by atoms with Crippen molar-refractivity contribution in [3.63, 3.8) is 0 Å². The van der Waals surface area contributed by atoms with Crippen LogP contribution in [0.2, 0.25) is 0 Å².